The van der Waals surface area contributed by atoms with Gasteiger partial charge in [-0.1, -0.05) is 216 Å². The molecule has 4 aromatic heterocycles. The predicted octanol–water partition coefficient (Wildman–Crippen LogP) is 11.7. The van der Waals surface area contributed by atoms with Gasteiger partial charge in [-0.25, -0.2) is 27.8 Å². The molecular formula is C88H84Cl2N14O10S. The molecule has 9 aromatic carbocycles. The zero-order valence-corrected chi connectivity index (χ0v) is 66.4. The molecule has 0 spiro atoms. The van der Waals surface area contributed by atoms with Crippen LogP contribution in [0, 0.1) is 32.1 Å². The third-order valence-corrected chi connectivity index (χ3v) is 22.5. The van der Waals surface area contributed by atoms with Crippen molar-refractivity contribution in [1.29, 1.82) is 5.26 Å². The first-order chi connectivity index (χ1) is 55.5. The molecule has 0 unspecified atom stereocenters. The van der Waals surface area contributed by atoms with Crippen LogP contribution in [-0.4, -0.2) is 117 Å². The molecule has 27 heteroatoms. The lowest BCUT2D eigenvalue weighted by Gasteiger charge is -2.37. The number of ether oxygens (including phenoxy) is 2. The van der Waals surface area contributed by atoms with Gasteiger partial charge in [-0.05, 0) is 102 Å². The second kappa shape index (κ2) is 35.9. The Morgan fingerprint density at radius 3 is 1.35 bits per heavy atom. The average molecular weight is 1600 g/mol. The minimum Gasteiger partial charge on any atom is -0.493 e. The van der Waals surface area contributed by atoms with E-state index in [2.05, 4.69) is 14.8 Å². The fourth-order valence-corrected chi connectivity index (χ4v) is 16.0. The number of fused-ring (bicyclic) bond motifs is 1. The third kappa shape index (κ3) is 18.4. The van der Waals surface area contributed by atoms with Gasteiger partial charge in [0.1, 0.15) is 24.0 Å². The van der Waals surface area contributed by atoms with E-state index in [1.165, 1.54) is 24.1 Å². The minimum absolute atomic E-state index is 0.106. The van der Waals surface area contributed by atoms with Gasteiger partial charge in [0.25, 0.3) is 16.7 Å². The summed E-state index contributed by atoms with van der Waals surface area (Å²) in [4.78, 5) is 97.0. The van der Waals surface area contributed by atoms with Gasteiger partial charge >= 0.3 is 17.1 Å². The predicted molar refractivity (Wildman–Crippen MR) is 452 cm³/mol. The number of nitrogen functional groups attached to an aromatic ring is 1. The molecule has 2 aliphatic rings. The summed E-state index contributed by atoms with van der Waals surface area (Å²) < 4.78 is 46.7. The van der Waals surface area contributed by atoms with Crippen LogP contribution < -0.4 is 63.7 Å². The summed E-state index contributed by atoms with van der Waals surface area (Å²) in [5.41, 5.74) is 14.5. The van der Waals surface area contributed by atoms with Gasteiger partial charge in [0.15, 0.2) is 11.5 Å². The Bertz CT molecular complexity index is 6210. The molecule has 2 fully saturated rings. The number of aryl methyl sites for hydroxylation is 3. The first-order valence-electron chi connectivity index (χ1n) is 37.3. The highest BCUT2D eigenvalue weighted by atomic mass is 35.5. The molecule has 586 valence electrons. The Balaban J connectivity index is 0.000000151. The number of sulfonamides is 1. The smallest absolute Gasteiger partial charge is 0.333 e. The van der Waals surface area contributed by atoms with Gasteiger partial charge < -0.3 is 29.9 Å². The summed E-state index contributed by atoms with van der Waals surface area (Å²) in [6.07, 6.45) is 0. The van der Waals surface area contributed by atoms with Crippen LogP contribution in [0.2, 0.25) is 10.0 Å². The lowest BCUT2D eigenvalue weighted by Crippen LogP contribution is -2.51. The highest BCUT2D eigenvalue weighted by molar-refractivity contribution is 7.89. The van der Waals surface area contributed by atoms with E-state index in [-0.39, 0.29) is 79.8 Å². The molecule has 6 heterocycles. The second-order valence-electron chi connectivity index (χ2n) is 28.0. The number of piperazine rings is 2. The lowest BCUT2D eigenvalue weighted by atomic mass is 9.99. The molecule has 0 radical (unpaired) electrons. The van der Waals surface area contributed by atoms with E-state index in [1.54, 1.807) is 95.0 Å². The van der Waals surface area contributed by atoms with Gasteiger partial charge in [-0.2, -0.15) is 14.6 Å². The number of rotatable bonds is 20. The Morgan fingerprint density at radius 2 is 0.852 bits per heavy atom. The number of anilines is 4. The highest BCUT2D eigenvalue weighted by Crippen LogP contribution is 2.36. The lowest BCUT2D eigenvalue weighted by molar-refractivity contribution is 0.356. The first kappa shape index (κ1) is 80.2. The molecular weight excluding hydrogens is 1520 g/mol. The van der Waals surface area contributed by atoms with Crippen molar-refractivity contribution < 1.29 is 17.9 Å². The van der Waals surface area contributed by atoms with E-state index < -0.39 is 21.3 Å². The number of nitrogens with two attached hydrogens (primary N) is 1. The molecule has 0 atom stereocenters. The fourth-order valence-electron chi connectivity index (χ4n) is 14.3. The van der Waals surface area contributed by atoms with Crippen LogP contribution in [0.15, 0.2) is 270 Å². The largest absolute Gasteiger partial charge is 0.493 e. The van der Waals surface area contributed by atoms with E-state index in [0.717, 1.165) is 54.6 Å². The topological polar surface area (TPSA) is 273 Å². The third-order valence-electron chi connectivity index (χ3n) is 20.1. The quantitative estimate of drug-likeness (QED) is 0.0742. The maximum Gasteiger partial charge on any atom is 0.333 e. The molecule has 0 amide bonds. The number of aromatic nitrogens is 8. The normalized spacial score (nSPS) is 13.0. The average Bonchev–Trinajstić information content (AvgIpc) is 0.746. The minimum atomic E-state index is -3.65. The van der Waals surface area contributed by atoms with Crippen molar-refractivity contribution in [3.63, 3.8) is 0 Å². The summed E-state index contributed by atoms with van der Waals surface area (Å²) in [5.74, 6) is 2.90. The molecule has 13 aromatic rings. The van der Waals surface area contributed by atoms with Gasteiger partial charge in [-0.3, -0.25) is 41.8 Å². The van der Waals surface area contributed by atoms with Gasteiger partial charge in [0.2, 0.25) is 16.0 Å². The Labute approximate surface area is 673 Å². The van der Waals surface area contributed by atoms with E-state index >= 15 is 0 Å². The van der Waals surface area contributed by atoms with E-state index in [0.29, 0.717) is 112 Å². The standard InChI is InChI=1S/C32H33N7O4.C30H22Cl2N2O2.C26H29N5O4S/c1-42-26-17-24-25(18-27(26)43-2)34-31(35-30(24)33)37-15-13-36(14-16-37)28-19-29(40)39(21-23-11-7-4-8-12-23)32(41)38(28)20-22-9-5-3-6-10-22;31-25-15-11-23(12-16-25)27-28(24-13-17-26(32)18-14-24)33(19-21-7-3-1-4-8-21)30(36)34(29(27)35)20-22-9-5-2-6-10-22;1-19-4-6-23(7-5-19)36(34,35)29-12-10-28(11-13-29)24-17-25(32)31(26(33)30(24)9-8-27)18-22-15-20(2)14-21(3)16-22/h3-12,17-19H,13-16,20-21H2,1-2H3,(H2,33,34,35);1-18H,19-20H2;4-7,14-17H,9-13,18H2,1-3H3. The van der Waals surface area contributed by atoms with Crippen LogP contribution >= 0.6 is 23.2 Å². The van der Waals surface area contributed by atoms with Crippen LogP contribution in [0.4, 0.5) is 23.4 Å². The zero-order chi connectivity index (χ0) is 81.0. The van der Waals surface area contributed by atoms with Crippen molar-refractivity contribution >= 4 is 67.5 Å². The summed E-state index contributed by atoms with van der Waals surface area (Å²) in [5, 5.41) is 11.2. The van der Waals surface area contributed by atoms with E-state index in [9.17, 15) is 42.4 Å². The van der Waals surface area contributed by atoms with E-state index in [4.69, 9.17) is 43.4 Å². The van der Waals surface area contributed by atoms with Gasteiger partial charge in [-0.15, -0.1) is 0 Å². The van der Waals surface area contributed by atoms with Crippen LogP contribution in [-0.2, 0) is 49.3 Å². The number of benzene rings is 9. The van der Waals surface area contributed by atoms with Crippen molar-refractivity contribution in [3.05, 3.63) is 354 Å². The summed E-state index contributed by atoms with van der Waals surface area (Å²) in [6.45, 7) is 9.94. The Kier molecular flexibility index (Phi) is 25.0. The molecule has 115 heavy (non-hydrogen) atoms. The van der Waals surface area contributed by atoms with Crippen LogP contribution in [0.25, 0.3) is 33.3 Å². The number of methoxy groups -OCH3 is 2. The highest BCUT2D eigenvalue weighted by Gasteiger charge is 2.32. The SMILES string of the molecule is COc1cc2nc(N3CCN(c4cc(=O)n(Cc5ccccc5)c(=O)n4Cc4ccccc4)CC3)nc(N)c2cc1OC.Cc1ccc(S(=O)(=O)N2CCN(c3cc(=O)n(Cc4cc(C)cc(C)c4)c(=O)n3CC#N)CC2)cc1.O=c1c(-c2ccc(Cl)cc2)c(-c2ccc(Cl)cc2)n(Cc2ccccc2)c(=O)n1Cc1ccccc1. The van der Waals surface area contributed by atoms with Gasteiger partial charge in [0.05, 0.1) is 74.7 Å². The van der Waals surface area contributed by atoms with Crippen LogP contribution in [0.1, 0.15) is 44.5 Å². The number of halogens is 2. The molecule has 0 aliphatic carbocycles. The maximum absolute atomic E-state index is 14.0. The number of nitrogens with zero attached hydrogens (tertiary/aromatic N) is 13. The fraction of sp³-hybridized carbons (Fsp3) is 0.216. The van der Waals surface area contributed by atoms with Crippen molar-refractivity contribution in [2.75, 3.05) is 87.0 Å². The molecule has 0 bridgehead atoms. The molecule has 15 rings (SSSR count). The number of hydrogen-bond donors (Lipinski definition) is 1. The monoisotopic (exact) mass is 1600 g/mol. The molecule has 2 aliphatic heterocycles. The zero-order valence-electron chi connectivity index (χ0n) is 64.1. The summed E-state index contributed by atoms with van der Waals surface area (Å²) in [6, 6.07) is 73.9. The maximum atomic E-state index is 14.0. The van der Waals surface area contributed by atoms with Crippen molar-refractivity contribution in [2.24, 2.45) is 0 Å². The summed E-state index contributed by atoms with van der Waals surface area (Å²) >= 11 is 12.3. The van der Waals surface area contributed by atoms with Crippen molar-refractivity contribution in [1.82, 2.24) is 41.7 Å². The molecule has 2 N–H and O–H groups in total. The van der Waals surface area contributed by atoms with Crippen LogP contribution in [0.5, 0.6) is 11.5 Å². The Morgan fingerprint density at radius 1 is 0.435 bits per heavy atom. The number of nitriles is 1. The summed E-state index contributed by atoms with van der Waals surface area (Å²) in [7, 11) is -0.506. The molecule has 0 saturated carbocycles. The first-order valence-corrected chi connectivity index (χ1v) is 39.5. The van der Waals surface area contributed by atoms with Gasteiger partial charge in [0, 0.05) is 86.0 Å². The second-order valence-corrected chi connectivity index (χ2v) is 30.8. The number of hydrogen-bond acceptors (Lipinski definition) is 17. The van der Waals surface area contributed by atoms with E-state index in [1.807, 2.05) is 191 Å². The molecule has 2 saturated heterocycles. The Hall–Kier alpha value is -12.9. The molecule has 24 nitrogen and oxygen atoms in total. The van der Waals surface area contributed by atoms with Crippen molar-refractivity contribution in [2.45, 2.75) is 64.9 Å². The van der Waals surface area contributed by atoms with Crippen molar-refractivity contribution in [3.8, 4) is 40.0 Å². The van der Waals surface area contributed by atoms with Crippen LogP contribution in [0.3, 0.4) is 0 Å².